The Kier molecular flexibility index (Phi) is 5.58. The molecule has 0 saturated carbocycles. The molecule has 6 nitrogen and oxygen atoms in total. The van der Waals surface area contributed by atoms with E-state index in [1.165, 1.54) is 12.3 Å². The maximum atomic E-state index is 12.0. The second kappa shape index (κ2) is 8.08. The van der Waals surface area contributed by atoms with Crippen LogP contribution in [-0.4, -0.2) is 22.3 Å². The average molecular weight is 417 g/mol. The Morgan fingerprint density at radius 2 is 1.68 bits per heavy atom. The van der Waals surface area contributed by atoms with Crippen molar-refractivity contribution in [1.82, 2.24) is 0 Å². The van der Waals surface area contributed by atoms with Crippen LogP contribution in [0.25, 0.3) is 21.7 Å². The number of phenolic OH excluding ortho intramolecular Hbond substituents is 1. The Labute approximate surface area is 169 Å². The van der Waals surface area contributed by atoms with Gasteiger partial charge in [0.05, 0.1) is 6.21 Å². The number of fused-ring (bicyclic) bond motifs is 2. The minimum Gasteiger partial charge on any atom is -0.507 e. The van der Waals surface area contributed by atoms with Gasteiger partial charge < -0.3 is 14.6 Å². The zero-order chi connectivity index (χ0) is 18.8. The first kappa shape index (κ1) is 19.3. The molecule has 0 aliphatic rings. The molecule has 0 aliphatic heterocycles. The SMILES string of the molecule is O=c1oc2ccccc2cc1/C(O)=N/N=C/c1c(O)ccc2ccccc12.[Co]. The number of para-hydroxylation sites is 1. The number of benzene rings is 3. The third kappa shape index (κ3) is 3.66. The number of phenols is 1. The predicted molar refractivity (Wildman–Crippen MR) is 105 cm³/mol. The summed E-state index contributed by atoms with van der Waals surface area (Å²) >= 11 is 0. The fourth-order valence-corrected chi connectivity index (χ4v) is 2.83. The molecule has 1 aromatic heterocycles. The predicted octanol–water partition coefficient (Wildman–Crippen LogP) is 3.99. The van der Waals surface area contributed by atoms with E-state index in [4.69, 9.17) is 4.42 Å². The number of aliphatic hydroxyl groups excluding tert-OH is 1. The summed E-state index contributed by atoms with van der Waals surface area (Å²) < 4.78 is 5.17. The van der Waals surface area contributed by atoms with Crippen LogP contribution in [0.2, 0.25) is 0 Å². The Balaban J connectivity index is 0.00000225. The van der Waals surface area contributed by atoms with E-state index < -0.39 is 11.5 Å². The Morgan fingerprint density at radius 1 is 0.964 bits per heavy atom. The molecule has 2 N–H and O–H groups in total. The summed E-state index contributed by atoms with van der Waals surface area (Å²) in [7, 11) is 0. The molecule has 4 aromatic rings. The molecule has 28 heavy (non-hydrogen) atoms. The van der Waals surface area contributed by atoms with Crippen molar-refractivity contribution in [1.29, 1.82) is 0 Å². The second-order valence-corrected chi connectivity index (χ2v) is 5.87. The molecule has 7 heteroatoms. The topological polar surface area (TPSA) is 95.4 Å². The molecular weight excluding hydrogens is 403 g/mol. The van der Waals surface area contributed by atoms with Gasteiger partial charge in [-0.15, -0.1) is 5.10 Å². The summed E-state index contributed by atoms with van der Waals surface area (Å²) in [5, 5.41) is 30.1. The van der Waals surface area contributed by atoms with Gasteiger partial charge in [0.2, 0.25) is 5.90 Å². The van der Waals surface area contributed by atoms with Crippen LogP contribution in [0.15, 0.2) is 86.1 Å². The number of hydrogen-bond acceptors (Lipinski definition) is 5. The fourth-order valence-electron chi connectivity index (χ4n) is 2.83. The quantitative estimate of drug-likeness (QED) is 0.228. The van der Waals surface area contributed by atoms with Gasteiger partial charge in [-0.25, -0.2) is 4.79 Å². The second-order valence-electron chi connectivity index (χ2n) is 5.87. The molecular formula is C21H14CoN2O4. The summed E-state index contributed by atoms with van der Waals surface area (Å²) in [6.45, 7) is 0. The summed E-state index contributed by atoms with van der Waals surface area (Å²) in [4.78, 5) is 12.0. The minimum atomic E-state index is -0.710. The molecule has 141 valence electrons. The van der Waals surface area contributed by atoms with Crippen LogP contribution in [0.3, 0.4) is 0 Å². The number of aromatic hydroxyl groups is 1. The van der Waals surface area contributed by atoms with Crippen molar-refractivity contribution < 1.29 is 31.4 Å². The molecule has 3 aromatic carbocycles. The molecule has 4 rings (SSSR count). The van der Waals surface area contributed by atoms with Crippen molar-refractivity contribution in [3.8, 4) is 5.75 Å². The van der Waals surface area contributed by atoms with Gasteiger partial charge in [0.15, 0.2) is 0 Å². The van der Waals surface area contributed by atoms with Crippen LogP contribution >= 0.6 is 0 Å². The van der Waals surface area contributed by atoms with Crippen LogP contribution in [-0.2, 0) is 16.8 Å². The van der Waals surface area contributed by atoms with E-state index in [0.29, 0.717) is 16.5 Å². The number of hydrogen-bond donors (Lipinski definition) is 2. The third-order valence-corrected chi connectivity index (χ3v) is 4.17. The van der Waals surface area contributed by atoms with Gasteiger partial charge in [0, 0.05) is 27.7 Å². The smallest absolute Gasteiger partial charge is 0.349 e. The van der Waals surface area contributed by atoms with Gasteiger partial charge in [-0.2, -0.15) is 5.10 Å². The largest absolute Gasteiger partial charge is 0.507 e. The van der Waals surface area contributed by atoms with Gasteiger partial charge in [0.25, 0.3) is 0 Å². The first-order valence-electron chi connectivity index (χ1n) is 8.17. The Morgan fingerprint density at radius 3 is 2.50 bits per heavy atom. The van der Waals surface area contributed by atoms with E-state index in [2.05, 4.69) is 10.2 Å². The van der Waals surface area contributed by atoms with E-state index in [1.807, 2.05) is 24.3 Å². The third-order valence-electron chi connectivity index (χ3n) is 4.17. The van der Waals surface area contributed by atoms with Crippen molar-refractivity contribution in [3.05, 3.63) is 88.3 Å². The van der Waals surface area contributed by atoms with Gasteiger partial charge in [-0.1, -0.05) is 48.5 Å². The summed E-state index contributed by atoms with van der Waals surface area (Å²) in [5.41, 5.74) is 0.0876. The first-order valence-corrected chi connectivity index (χ1v) is 8.17. The van der Waals surface area contributed by atoms with Gasteiger partial charge in [-0.05, 0) is 29.0 Å². The number of aliphatic hydroxyl groups is 1. The van der Waals surface area contributed by atoms with Crippen LogP contribution in [0.5, 0.6) is 5.75 Å². The van der Waals surface area contributed by atoms with Crippen LogP contribution < -0.4 is 5.63 Å². The molecule has 0 aliphatic carbocycles. The van der Waals surface area contributed by atoms with E-state index in [9.17, 15) is 15.0 Å². The molecule has 1 heterocycles. The molecule has 0 atom stereocenters. The van der Waals surface area contributed by atoms with Crippen LogP contribution in [0.4, 0.5) is 0 Å². The molecule has 0 fully saturated rings. The molecule has 0 saturated heterocycles. The first-order chi connectivity index (χ1) is 13.1. The van der Waals surface area contributed by atoms with Crippen molar-refractivity contribution in [2.45, 2.75) is 0 Å². The molecule has 0 bridgehead atoms. The number of rotatable bonds is 3. The molecule has 0 spiro atoms. The molecule has 0 unspecified atom stereocenters. The van der Waals surface area contributed by atoms with Crippen molar-refractivity contribution in [2.24, 2.45) is 10.2 Å². The minimum absolute atomic E-state index is 0. The molecule has 0 amide bonds. The van der Waals surface area contributed by atoms with Crippen LogP contribution in [0.1, 0.15) is 11.1 Å². The zero-order valence-electron chi connectivity index (χ0n) is 14.4. The van der Waals surface area contributed by atoms with Crippen molar-refractivity contribution in [3.63, 3.8) is 0 Å². The van der Waals surface area contributed by atoms with Crippen molar-refractivity contribution >= 4 is 33.9 Å². The summed E-state index contributed by atoms with van der Waals surface area (Å²) in [6, 6.07) is 19.3. The van der Waals surface area contributed by atoms with E-state index in [-0.39, 0.29) is 28.1 Å². The maximum Gasteiger partial charge on any atom is 0.349 e. The van der Waals surface area contributed by atoms with E-state index in [1.54, 1.807) is 36.4 Å². The summed E-state index contributed by atoms with van der Waals surface area (Å²) in [5.74, 6) is -0.525. The fraction of sp³-hybridized carbons (Fsp3) is 0. The monoisotopic (exact) mass is 417 g/mol. The van der Waals surface area contributed by atoms with Gasteiger partial charge in [0.1, 0.15) is 16.9 Å². The van der Waals surface area contributed by atoms with Crippen LogP contribution in [0, 0.1) is 0 Å². The normalized spacial score (nSPS) is 11.8. The maximum absolute atomic E-state index is 12.0. The number of nitrogens with zero attached hydrogens (tertiary/aromatic N) is 2. The Bertz CT molecular complexity index is 1280. The Hall–Kier alpha value is -3.42. The molecule has 1 radical (unpaired) electrons. The van der Waals surface area contributed by atoms with Gasteiger partial charge in [-0.3, -0.25) is 0 Å². The van der Waals surface area contributed by atoms with Gasteiger partial charge >= 0.3 is 5.63 Å². The average Bonchev–Trinajstić information content (AvgIpc) is 2.69. The van der Waals surface area contributed by atoms with E-state index >= 15 is 0 Å². The van der Waals surface area contributed by atoms with E-state index in [0.717, 1.165) is 10.8 Å². The zero-order valence-corrected chi connectivity index (χ0v) is 15.4. The standard InChI is InChI=1S/C21H14N2O4.Co/c24-18-10-9-13-5-1-3-7-15(13)17(18)12-22-23-20(25)16-11-14-6-2-4-8-19(14)27-21(16)26;/h1-12,24H,(H,23,25);/b22-12+;. The van der Waals surface area contributed by atoms with Crippen molar-refractivity contribution in [2.75, 3.05) is 0 Å². The summed E-state index contributed by atoms with van der Waals surface area (Å²) in [6.07, 6.45) is 1.33.